The zero-order valence-corrected chi connectivity index (χ0v) is 14.2. The minimum absolute atomic E-state index is 0.143. The lowest BCUT2D eigenvalue weighted by Gasteiger charge is -2.34. The number of hydrogen-bond donors (Lipinski definition) is 1. The normalized spacial score (nSPS) is 17.0. The minimum atomic E-state index is -0.318. The van der Waals surface area contributed by atoms with Crippen molar-refractivity contribution >= 4 is 33.1 Å². The molecule has 118 valence electrons. The minimum Gasteiger partial charge on any atom is -0.356 e. The maximum Gasteiger partial charge on any atom is 0.225 e. The third-order valence-electron chi connectivity index (χ3n) is 4.17. The Labute approximate surface area is 135 Å². The first-order valence-electron chi connectivity index (χ1n) is 7.83. The predicted molar refractivity (Wildman–Crippen MR) is 92.5 cm³/mol. The number of nitrogens with one attached hydrogen (secondary N) is 1. The fraction of sp³-hybridized carbons (Fsp3) is 0.529. The first-order valence-corrected chi connectivity index (χ1v) is 8.71. The average molecular weight is 317 g/mol. The molecule has 0 atom stereocenters. The summed E-state index contributed by atoms with van der Waals surface area (Å²) in [5.74, 6) is 1.23. The van der Waals surface area contributed by atoms with Gasteiger partial charge in [-0.15, -0.1) is 11.3 Å². The van der Waals surface area contributed by atoms with E-state index < -0.39 is 0 Å². The number of carbonyl (C=O) groups excluding carboxylic acids is 1. The van der Waals surface area contributed by atoms with Gasteiger partial charge >= 0.3 is 0 Å². The van der Waals surface area contributed by atoms with Gasteiger partial charge in [0.2, 0.25) is 5.91 Å². The van der Waals surface area contributed by atoms with E-state index in [1.165, 1.54) is 10.1 Å². The average Bonchev–Trinajstić information content (AvgIpc) is 2.95. The lowest BCUT2D eigenvalue weighted by molar-refractivity contribution is -0.129. The molecule has 1 aliphatic rings. The van der Waals surface area contributed by atoms with Crippen LogP contribution < -0.4 is 10.2 Å². The Kier molecular flexibility index (Phi) is 4.08. The number of carbonyl (C=O) groups is 1. The molecule has 0 unspecified atom stereocenters. The van der Waals surface area contributed by atoms with Gasteiger partial charge in [-0.2, -0.15) is 0 Å². The molecule has 3 heterocycles. The number of aromatic nitrogens is 1. The van der Waals surface area contributed by atoms with Gasteiger partial charge in [-0.3, -0.25) is 4.79 Å². The number of piperidine rings is 1. The molecule has 1 amide bonds. The summed E-state index contributed by atoms with van der Waals surface area (Å²) >= 11 is 1.75. The third kappa shape index (κ3) is 3.09. The van der Waals surface area contributed by atoms with E-state index in [4.69, 9.17) is 0 Å². The molecule has 1 saturated heterocycles. The predicted octanol–water partition coefficient (Wildman–Crippen LogP) is 3.43. The standard InChI is InChI=1S/C17H23N3OS/c1-17(2,3)16(21)19-12-5-9-20(10-6-12)15-13-7-11-22-14(13)4-8-18-15/h4,7-8,11-12H,5-6,9-10H2,1-3H3,(H,19,21). The number of rotatable bonds is 2. The van der Waals surface area contributed by atoms with Crippen molar-refractivity contribution in [2.45, 2.75) is 39.7 Å². The van der Waals surface area contributed by atoms with Crippen LogP contribution in [0.15, 0.2) is 23.7 Å². The van der Waals surface area contributed by atoms with Crippen LogP contribution in [0.1, 0.15) is 33.6 Å². The van der Waals surface area contributed by atoms with Crippen LogP contribution in [0.3, 0.4) is 0 Å². The quantitative estimate of drug-likeness (QED) is 0.923. The van der Waals surface area contributed by atoms with Gasteiger partial charge in [0, 0.05) is 40.8 Å². The van der Waals surface area contributed by atoms with Gasteiger partial charge in [0.1, 0.15) is 5.82 Å². The lowest BCUT2D eigenvalue weighted by atomic mass is 9.94. The highest BCUT2D eigenvalue weighted by Gasteiger charge is 2.27. The number of hydrogen-bond acceptors (Lipinski definition) is 4. The van der Waals surface area contributed by atoms with Crippen LogP contribution >= 0.6 is 11.3 Å². The zero-order valence-electron chi connectivity index (χ0n) is 13.4. The summed E-state index contributed by atoms with van der Waals surface area (Å²) < 4.78 is 1.29. The highest BCUT2D eigenvalue weighted by Crippen LogP contribution is 2.30. The second-order valence-corrected chi connectivity index (χ2v) is 7.90. The van der Waals surface area contributed by atoms with Crippen molar-refractivity contribution in [1.82, 2.24) is 10.3 Å². The van der Waals surface area contributed by atoms with E-state index in [-0.39, 0.29) is 17.4 Å². The summed E-state index contributed by atoms with van der Waals surface area (Å²) in [6.07, 6.45) is 3.84. The molecule has 0 saturated carbocycles. The van der Waals surface area contributed by atoms with Crippen molar-refractivity contribution in [2.24, 2.45) is 5.41 Å². The molecule has 4 nitrogen and oxygen atoms in total. The largest absolute Gasteiger partial charge is 0.356 e. The Morgan fingerprint density at radius 3 is 2.73 bits per heavy atom. The van der Waals surface area contributed by atoms with E-state index >= 15 is 0 Å². The van der Waals surface area contributed by atoms with Crippen molar-refractivity contribution in [3.63, 3.8) is 0 Å². The van der Waals surface area contributed by atoms with Crippen molar-refractivity contribution in [2.75, 3.05) is 18.0 Å². The molecular weight excluding hydrogens is 294 g/mol. The fourth-order valence-electron chi connectivity index (χ4n) is 2.77. The molecule has 2 aromatic rings. The van der Waals surface area contributed by atoms with Crippen LogP contribution in [-0.4, -0.2) is 30.0 Å². The van der Waals surface area contributed by atoms with Gasteiger partial charge < -0.3 is 10.2 Å². The van der Waals surface area contributed by atoms with Gasteiger partial charge in [0.15, 0.2) is 0 Å². The lowest BCUT2D eigenvalue weighted by Crippen LogP contribution is -2.47. The molecule has 5 heteroatoms. The Hall–Kier alpha value is -1.62. The Bertz CT molecular complexity index is 666. The highest BCUT2D eigenvalue weighted by molar-refractivity contribution is 7.17. The fourth-order valence-corrected chi connectivity index (χ4v) is 3.55. The van der Waals surface area contributed by atoms with E-state index in [0.717, 1.165) is 31.7 Å². The molecule has 1 aliphatic heterocycles. The Balaban J connectivity index is 1.65. The monoisotopic (exact) mass is 317 g/mol. The maximum absolute atomic E-state index is 12.1. The second-order valence-electron chi connectivity index (χ2n) is 6.95. The van der Waals surface area contributed by atoms with Crippen LogP contribution in [0.25, 0.3) is 10.1 Å². The van der Waals surface area contributed by atoms with Crippen molar-refractivity contribution in [1.29, 1.82) is 0 Å². The molecule has 1 fully saturated rings. The molecule has 3 rings (SSSR count). The van der Waals surface area contributed by atoms with E-state index in [1.54, 1.807) is 11.3 Å². The molecule has 0 aliphatic carbocycles. The number of nitrogens with zero attached hydrogens (tertiary/aromatic N) is 2. The Morgan fingerprint density at radius 2 is 2.05 bits per heavy atom. The van der Waals surface area contributed by atoms with Gasteiger partial charge in [-0.05, 0) is 30.4 Å². The van der Waals surface area contributed by atoms with Crippen molar-refractivity contribution in [3.05, 3.63) is 23.7 Å². The molecule has 1 N–H and O–H groups in total. The molecule has 22 heavy (non-hydrogen) atoms. The SMILES string of the molecule is CC(C)(C)C(=O)NC1CCN(c2nccc3sccc23)CC1. The third-order valence-corrected chi connectivity index (χ3v) is 5.05. The molecule has 0 bridgehead atoms. The number of pyridine rings is 1. The van der Waals surface area contributed by atoms with Gasteiger partial charge in [0.05, 0.1) is 0 Å². The van der Waals surface area contributed by atoms with Gasteiger partial charge in [0.25, 0.3) is 0 Å². The van der Waals surface area contributed by atoms with Crippen LogP contribution in [0.2, 0.25) is 0 Å². The summed E-state index contributed by atoms with van der Waals surface area (Å²) in [7, 11) is 0. The first kappa shape index (κ1) is 15.3. The Morgan fingerprint density at radius 1 is 1.32 bits per heavy atom. The van der Waals surface area contributed by atoms with Crippen LogP contribution in [-0.2, 0) is 4.79 Å². The van der Waals surface area contributed by atoms with Crippen LogP contribution in [0.5, 0.6) is 0 Å². The molecular formula is C17H23N3OS. The molecule has 0 aromatic carbocycles. The first-order chi connectivity index (χ1) is 10.4. The summed E-state index contributed by atoms with van der Waals surface area (Å²) in [6, 6.07) is 4.50. The van der Waals surface area contributed by atoms with E-state index in [0.29, 0.717) is 0 Å². The van der Waals surface area contributed by atoms with Crippen LogP contribution in [0.4, 0.5) is 5.82 Å². The number of fused-ring (bicyclic) bond motifs is 1. The van der Waals surface area contributed by atoms with E-state index in [9.17, 15) is 4.79 Å². The summed E-state index contributed by atoms with van der Waals surface area (Å²) in [4.78, 5) is 19.0. The van der Waals surface area contributed by atoms with Crippen molar-refractivity contribution < 1.29 is 4.79 Å². The highest BCUT2D eigenvalue weighted by atomic mass is 32.1. The maximum atomic E-state index is 12.1. The zero-order chi connectivity index (χ0) is 15.7. The molecule has 2 aromatic heterocycles. The number of thiophene rings is 1. The van der Waals surface area contributed by atoms with E-state index in [1.807, 2.05) is 27.0 Å². The summed E-state index contributed by atoms with van der Waals surface area (Å²) in [6.45, 7) is 7.75. The molecule has 0 radical (unpaired) electrons. The number of amides is 1. The van der Waals surface area contributed by atoms with Crippen LogP contribution in [0, 0.1) is 5.41 Å². The second kappa shape index (κ2) is 5.88. The molecule has 0 spiro atoms. The summed E-state index contributed by atoms with van der Waals surface area (Å²) in [5.41, 5.74) is -0.318. The smallest absolute Gasteiger partial charge is 0.225 e. The topological polar surface area (TPSA) is 45.2 Å². The van der Waals surface area contributed by atoms with E-state index in [2.05, 4.69) is 32.7 Å². The number of anilines is 1. The summed E-state index contributed by atoms with van der Waals surface area (Å²) in [5, 5.41) is 6.54. The van der Waals surface area contributed by atoms with Gasteiger partial charge in [-0.25, -0.2) is 4.98 Å². The van der Waals surface area contributed by atoms with Crippen molar-refractivity contribution in [3.8, 4) is 0 Å². The van der Waals surface area contributed by atoms with Gasteiger partial charge in [-0.1, -0.05) is 20.8 Å².